The molecule has 14 heavy (non-hydrogen) atoms. The number of carbonyl (C=O) groups is 1. The van der Waals surface area contributed by atoms with Crippen LogP contribution in [0.25, 0.3) is 0 Å². The van der Waals surface area contributed by atoms with Gasteiger partial charge in [0, 0.05) is 6.04 Å². The SMILES string of the molecule is O=C(O)C1CCCC(CC(F)(F)F)N1. The van der Waals surface area contributed by atoms with Crippen LogP contribution in [0.3, 0.4) is 0 Å². The van der Waals surface area contributed by atoms with Crippen LogP contribution in [0.5, 0.6) is 0 Å². The fraction of sp³-hybridized carbons (Fsp3) is 0.875. The lowest BCUT2D eigenvalue weighted by Gasteiger charge is -2.29. The second-order valence-corrected chi connectivity index (χ2v) is 3.50. The predicted octanol–water partition coefficient (Wildman–Crippen LogP) is 1.53. The molecular weight excluding hydrogens is 199 g/mol. The molecule has 2 N–H and O–H groups in total. The van der Waals surface area contributed by atoms with Gasteiger partial charge in [0.2, 0.25) is 0 Å². The summed E-state index contributed by atoms with van der Waals surface area (Å²) in [4.78, 5) is 10.5. The molecule has 0 bridgehead atoms. The topological polar surface area (TPSA) is 49.3 Å². The van der Waals surface area contributed by atoms with Gasteiger partial charge < -0.3 is 10.4 Å². The van der Waals surface area contributed by atoms with Gasteiger partial charge in [-0.25, -0.2) is 0 Å². The largest absolute Gasteiger partial charge is 0.480 e. The Morgan fingerprint density at radius 1 is 1.43 bits per heavy atom. The van der Waals surface area contributed by atoms with E-state index >= 15 is 0 Å². The standard InChI is InChI=1S/C8H12F3NO2/c9-8(10,11)4-5-2-1-3-6(12-5)7(13)14/h5-6,12H,1-4H2,(H,13,14). The Bertz CT molecular complexity index is 217. The number of hydrogen-bond donors (Lipinski definition) is 2. The number of hydrogen-bond acceptors (Lipinski definition) is 2. The van der Waals surface area contributed by atoms with E-state index in [-0.39, 0.29) is 0 Å². The molecule has 1 rings (SSSR count). The van der Waals surface area contributed by atoms with Gasteiger partial charge in [0.05, 0.1) is 6.42 Å². The van der Waals surface area contributed by atoms with Crippen LogP contribution < -0.4 is 5.32 Å². The lowest BCUT2D eigenvalue weighted by Crippen LogP contribution is -2.48. The zero-order valence-electron chi connectivity index (χ0n) is 7.47. The molecule has 1 saturated heterocycles. The molecule has 0 aromatic rings. The minimum Gasteiger partial charge on any atom is -0.480 e. The molecule has 6 heteroatoms. The lowest BCUT2D eigenvalue weighted by molar-refractivity contribution is -0.148. The van der Waals surface area contributed by atoms with Crippen LogP contribution in [0.15, 0.2) is 0 Å². The van der Waals surface area contributed by atoms with Gasteiger partial charge in [-0.3, -0.25) is 4.79 Å². The number of carboxylic acid groups (broad SMARTS) is 1. The average molecular weight is 211 g/mol. The molecule has 1 heterocycles. The molecule has 2 atom stereocenters. The zero-order valence-corrected chi connectivity index (χ0v) is 7.47. The minimum atomic E-state index is -4.22. The lowest BCUT2D eigenvalue weighted by atomic mass is 9.96. The third-order valence-corrected chi connectivity index (χ3v) is 2.26. The number of nitrogens with one attached hydrogen (secondary N) is 1. The van der Waals surface area contributed by atoms with Gasteiger partial charge in [-0.1, -0.05) is 0 Å². The van der Waals surface area contributed by atoms with E-state index in [1.54, 1.807) is 0 Å². The van der Waals surface area contributed by atoms with Gasteiger partial charge in [-0.2, -0.15) is 13.2 Å². The number of alkyl halides is 3. The number of carboxylic acids is 1. The van der Waals surface area contributed by atoms with Crippen LogP contribution in [-0.2, 0) is 4.79 Å². The molecule has 0 aromatic heterocycles. The van der Waals surface area contributed by atoms with Crippen LogP contribution in [-0.4, -0.2) is 29.3 Å². The van der Waals surface area contributed by atoms with Crippen LogP contribution >= 0.6 is 0 Å². The Labute approximate surface area is 79.3 Å². The highest BCUT2D eigenvalue weighted by atomic mass is 19.4. The van der Waals surface area contributed by atoms with Crippen molar-refractivity contribution in [3.05, 3.63) is 0 Å². The van der Waals surface area contributed by atoms with E-state index in [2.05, 4.69) is 5.32 Å². The number of rotatable bonds is 2. The fourth-order valence-corrected chi connectivity index (χ4v) is 1.65. The van der Waals surface area contributed by atoms with E-state index in [0.29, 0.717) is 19.3 Å². The Balaban J connectivity index is 2.44. The molecular formula is C8H12F3NO2. The smallest absolute Gasteiger partial charge is 0.390 e. The molecule has 0 aromatic carbocycles. The van der Waals surface area contributed by atoms with Crippen molar-refractivity contribution in [2.45, 2.75) is 43.9 Å². The summed E-state index contributed by atoms with van der Waals surface area (Å²) in [5.41, 5.74) is 0. The zero-order chi connectivity index (χ0) is 10.8. The third kappa shape index (κ3) is 3.53. The summed E-state index contributed by atoms with van der Waals surface area (Å²) in [6.07, 6.45) is -3.84. The van der Waals surface area contributed by atoms with Crippen molar-refractivity contribution in [2.24, 2.45) is 0 Å². The first kappa shape index (κ1) is 11.3. The van der Waals surface area contributed by atoms with Crippen molar-refractivity contribution in [1.29, 1.82) is 0 Å². The second kappa shape index (κ2) is 4.16. The van der Waals surface area contributed by atoms with Crippen LogP contribution in [0.1, 0.15) is 25.7 Å². The molecule has 1 aliphatic heterocycles. The Morgan fingerprint density at radius 2 is 2.07 bits per heavy atom. The van der Waals surface area contributed by atoms with Crippen LogP contribution in [0, 0.1) is 0 Å². The highest BCUT2D eigenvalue weighted by Crippen LogP contribution is 2.26. The molecule has 1 aliphatic rings. The normalized spacial score (nSPS) is 28.8. The van der Waals surface area contributed by atoms with Crippen molar-refractivity contribution in [3.8, 4) is 0 Å². The maximum absolute atomic E-state index is 12.0. The highest BCUT2D eigenvalue weighted by Gasteiger charge is 2.35. The maximum atomic E-state index is 12.0. The molecule has 0 aliphatic carbocycles. The summed E-state index contributed by atoms with van der Waals surface area (Å²) < 4.78 is 35.9. The monoisotopic (exact) mass is 211 g/mol. The quantitative estimate of drug-likeness (QED) is 0.728. The summed E-state index contributed by atoms with van der Waals surface area (Å²) in [6, 6.07) is -1.57. The third-order valence-electron chi connectivity index (χ3n) is 2.26. The van der Waals surface area contributed by atoms with Gasteiger partial charge in [-0.15, -0.1) is 0 Å². The summed E-state index contributed by atoms with van der Waals surface area (Å²) in [6.45, 7) is 0. The van der Waals surface area contributed by atoms with E-state index in [0.717, 1.165) is 0 Å². The Hall–Kier alpha value is -0.780. The van der Waals surface area contributed by atoms with Gasteiger partial charge in [-0.05, 0) is 19.3 Å². The molecule has 0 spiro atoms. The maximum Gasteiger partial charge on any atom is 0.390 e. The molecule has 0 radical (unpaired) electrons. The first-order chi connectivity index (χ1) is 6.38. The molecule has 0 amide bonds. The first-order valence-electron chi connectivity index (χ1n) is 4.44. The first-order valence-corrected chi connectivity index (χ1v) is 4.44. The predicted molar refractivity (Wildman–Crippen MR) is 42.9 cm³/mol. The van der Waals surface area contributed by atoms with Gasteiger partial charge in [0.15, 0.2) is 0 Å². The van der Waals surface area contributed by atoms with E-state index < -0.39 is 30.7 Å². The molecule has 82 valence electrons. The average Bonchev–Trinajstić information content (AvgIpc) is 2.01. The van der Waals surface area contributed by atoms with Crippen molar-refractivity contribution >= 4 is 5.97 Å². The van der Waals surface area contributed by atoms with Crippen molar-refractivity contribution < 1.29 is 23.1 Å². The van der Waals surface area contributed by atoms with E-state index in [9.17, 15) is 18.0 Å². The summed E-state index contributed by atoms with van der Waals surface area (Å²) in [7, 11) is 0. The van der Waals surface area contributed by atoms with Crippen LogP contribution in [0.2, 0.25) is 0 Å². The van der Waals surface area contributed by atoms with Crippen molar-refractivity contribution in [1.82, 2.24) is 5.32 Å². The summed E-state index contributed by atoms with van der Waals surface area (Å²) >= 11 is 0. The molecule has 2 unspecified atom stereocenters. The van der Waals surface area contributed by atoms with Gasteiger partial charge in [0.1, 0.15) is 6.04 Å². The van der Waals surface area contributed by atoms with E-state index in [4.69, 9.17) is 5.11 Å². The fourth-order valence-electron chi connectivity index (χ4n) is 1.65. The Kier molecular flexibility index (Phi) is 3.36. The van der Waals surface area contributed by atoms with E-state index in [1.165, 1.54) is 0 Å². The molecule has 3 nitrogen and oxygen atoms in total. The summed E-state index contributed by atoms with van der Waals surface area (Å²) in [5.74, 6) is -1.07. The second-order valence-electron chi connectivity index (χ2n) is 3.50. The molecule has 1 fully saturated rings. The number of aliphatic carboxylic acids is 1. The number of piperidine rings is 1. The van der Waals surface area contributed by atoms with Gasteiger partial charge in [0.25, 0.3) is 0 Å². The Morgan fingerprint density at radius 3 is 2.57 bits per heavy atom. The minimum absolute atomic E-state index is 0.392. The number of halogens is 3. The van der Waals surface area contributed by atoms with Crippen LogP contribution in [0.4, 0.5) is 13.2 Å². The van der Waals surface area contributed by atoms with E-state index in [1.807, 2.05) is 0 Å². The summed E-state index contributed by atoms with van der Waals surface area (Å²) in [5, 5.41) is 11.1. The van der Waals surface area contributed by atoms with Crippen molar-refractivity contribution in [2.75, 3.05) is 0 Å². The molecule has 0 saturated carbocycles. The van der Waals surface area contributed by atoms with Gasteiger partial charge >= 0.3 is 12.1 Å². The highest BCUT2D eigenvalue weighted by molar-refractivity contribution is 5.73. The van der Waals surface area contributed by atoms with Crippen molar-refractivity contribution in [3.63, 3.8) is 0 Å².